The zero-order valence-corrected chi connectivity index (χ0v) is 17.3. The van der Waals surface area contributed by atoms with Crippen LogP contribution in [0.15, 0.2) is 78.6 Å². The van der Waals surface area contributed by atoms with Gasteiger partial charge in [-0.2, -0.15) is 10.4 Å². The quantitative estimate of drug-likeness (QED) is 0.359. The zero-order chi connectivity index (χ0) is 21.7. The largest absolute Gasteiger partial charge is 0.497 e. The summed E-state index contributed by atoms with van der Waals surface area (Å²) >= 11 is 0. The highest BCUT2D eigenvalue weighted by molar-refractivity contribution is 6.01. The maximum atomic E-state index is 10.4. The van der Waals surface area contributed by atoms with E-state index < -0.39 is 0 Å². The summed E-state index contributed by atoms with van der Waals surface area (Å²) in [5, 5.41) is 23.4. The Bertz CT molecular complexity index is 1550. The first-order chi connectivity index (χ1) is 15.8. The molecule has 6 rings (SSSR count). The van der Waals surface area contributed by atoms with Crippen LogP contribution in [0, 0.1) is 11.3 Å². The minimum Gasteiger partial charge on any atom is -0.497 e. The third-order valence-corrected chi connectivity index (χ3v) is 6.19. The molecule has 0 fully saturated rings. The van der Waals surface area contributed by atoms with Crippen molar-refractivity contribution >= 4 is 33.2 Å². The molecule has 6 heteroatoms. The zero-order valence-electron chi connectivity index (χ0n) is 17.3. The summed E-state index contributed by atoms with van der Waals surface area (Å²) < 4.78 is 5.36. The number of rotatable bonds is 3. The molecule has 1 aliphatic heterocycles. The van der Waals surface area contributed by atoms with E-state index in [2.05, 4.69) is 38.7 Å². The van der Waals surface area contributed by atoms with Gasteiger partial charge in [-0.05, 0) is 35.9 Å². The minimum atomic E-state index is -0.255. The number of aromatic amines is 2. The number of anilines is 1. The number of benzene rings is 3. The van der Waals surface area contributed by atoms with Crippen LogP contribution < -0.4 is 10.1 Å². The number of methoxy groups -OCH3 is 1. The molecule has 3 aromatic carbocycles. The van der Waals surface area contributed by atoms with Crippen molar-refractivity contribution in [3.8, 4) is 11.8 Å². The number of hydrogen-bond acceptors (Lipinski definition) is 4. The molecular formula is C26H19N5O. The van der Waals surface area contributed by atoms with Gasteiger partial charge in [-0.1, -0.05) is 30.3 Å². The van der Waals surface area contributed by atoms with Crippen LogP contribution in [-0.2, 0) is 0 Å². The Morgan fingerprint density at radius 1 is 1.03 bits per heavy atom. The Kier molecular flexibility index (Phi) is 4.02. The van der Waals surface area contributed by atoms with Crippen molar-refractivity contribution in [2.45, 2.75) is 5.92 Å². The Morgan fingerprint density at radius 2 is 1.88 bits per heavy atom. The van der Waals surface area contributed by atoms with Crippen molar-refractivity contribution in [1.82, 2.24) is 15.2 Å². The molecule has 0 saturated carbocycles. The number of hydrogen-bond donors (Lipinski definition) is 3. The third-order valence-electron chi connectivity index (χ3n) is 6.19. The van der Waals surface area contributed by atoms with E-state index in [0.717, 1.165) is 55.6 Å². The van der Waals surface area contributed by atoms with Gasteiger partial charge in [0.15, 0.2) is 0 Å². The number of nitrogens with one attached hydrogen (secondary N) is 3. The summed E-state index contributed by atoms with van der Waals surface area (Å²) in [4.78, 5) is 3.33. The molecule has 0 radical (unpaired) electrons. The molecule has 3 heterocycles. The van der Waals surface area contributed by atoms with Crippen LogP contribution in [0.2, 0.25) is 0 Å². The number of allylic oxidation sites excluding steroid dienone is 1. The third kappa shape index (κ3) is 2.62. The Hall–Kier alpha value is -4.50. The Morgan fingerprint density at radius 3 is 2.69 bits per heavy atom. The summed E-state index contributed by atoms with van der Waals surface area (Å²) in [5.74, 6) is 0.525. The first kappa shape index (κ1) is 18.3. The lowest BCUT2D eigenvalue weighted by Crippen LogP contribution is -2.18. The van der Waals surface area contributed by atoms with Gasteiger partial charge >= 0.3 is 0 Å². The second-order valence-electron chi connectivity index (χ2n) is 7.84. The first-order valence-corrected chi connectivity index (χ1v) is 10.4. The molecule has 1 atom stereocenters. The average Bonchev–Trinajstić information content (AvgIpc) is 3.50. The fourth-order valence-corrected chi connectivity index (χ4v) is 4.68. The molecule has 0 bridgehead atoms. The number of nitrogens with zero attached hydrogens (tertiary/aromatic N) is 2. The van der Waals surface area contributed by atoms with E-state index in [-0.39, 0.29) is 5.92 Å². The summed E-state index contributed by atoms with van der Waals surface area (Å²) in [6, 6.07) is 22.7. The SMILES string of the molecule is COc1ccc(C2C(C#N)=C(c3c[nH]c4ccccc34)Nc3ccc4cn[nH]c4c32)cc1. The smallest absolute Gasteiger partial charge is 0.118 e. The van der Waals surface area contributed by atoms with E-state index in [4.69, 9.17) is 4.74 Å². The van der Waals surface area contributed by atoms with Crippen LogP contribution in [0.5, 0.6) is 5.75 Å². The molecule has 0 saturated heterocycles. The predicted octanol–water partition coefficient (Wildman–Crippen LogP) is 5.55. The van der Waals surface area contributed by atoms with Gasteiger partial charge in [-0.25, -0.2) is 0 Å². The lowest BCUT2D eigenvalue weighted by atomic mass is 9.79. The van der Waals surface area contributed by atoms with E-state index in [9.17, 15) is 5.26 Å². The van der Waals surface area contributed by atoms with Gasteiger partial charge in [-0.3, -0.25) is 5.10 Å². The monoisotopic (exact) mass is 417 g/mol. The van der Waals surface area contributed by atoms with Crippen LogP contribution in [0.25, 0.3) is 27.5 Å². The van der Waals surface area contributed by atoms with Gasteiger partial charge in [-0.15, -0.1) is 0 Å². The molecule has 6 nitrogen and oxygen atoms in total. The van der Waals surface area contributed by atoms with Crippen LogP contribution in [0.3, 0.4) is 0 Å². The van der Waals surface area contributed by atoms with Gasteiger partial charge in [0.1, 0.15) is 5.75 Å². The van der Waals surface area contributed by atoms with Crippen LogP contribution in [-0.4, -0.2) is 22.3 Å². The molecule has 2 aromatic heterocycles. The molecule has 0 amide bonds. The number of ether oxygens (including phenoxy) is 1. The fraction of sp³-hybridized carbons (Fsp3) is 0.0769. The molecule has 1 unspecified atom stereocenters. The highest BCUT2D eigenvalue weighted by Gasteiger charge is 2.33. The minimum absolute atomic E-state index is 0.255. The normalized spacial score (nSPS) is 15.4. The number of para-hydroxylation sites is 1. The molecule has 154 valence electrons. The predicted molar refractivity (Wildman–Crippen MR) is 125 cm³/mol. The van der Waals surface area contributed by atoms with Gasteiger partial charge in [0, 0.05) is 39.3 Å². The van der Waals surface area contributed by atoms with E-state index in [0.29, 0.717) is 5.57 Å². The van der Waals surface area contributed by atoms with Crippen molar-refractivity contribution in [3.05, 3.63) is 95.3 Å². The highest BCUT2D eigenvalue weighted by Crippen LogP contribution is 2.47. The van der Waals surface area contributed by atoms with Gasteiger partial charge < -0.3 is 15.0 Å². The lowest BCUT2D eigenvalue weighted by Gasteiger charge is -2.30. The van der Waals surface area contributed by atoms with Crippen LogP contribution in [0.4, 0.5) is 5.69 Å². The molecule has 3 N–H and O–H groups in total. The average molecular weight is 417 g/mol. The fourth-order valence-electron chi connectivity index (χ4n) is 4.68. The van der Waals surface area contributed by atoms with Crippen molar-refractivity contribution in [2.75, 3.05) is 12.4 Å². The summed E-state index contributed by atoms with van der Waals surface area (Å²) in [6.45, 7) is 0. The van der Waals surface area contributed by atoms with E-state index in [1.807, 2.05) is 60.9 Å². The molecule has 0 spiro atoms. The summed E-state index contributed by atoms with van der Waals surface area (Å²) in [7, 11) is 1.65. The standard InChI is InChI=1S/C26H19N5O/c1-32-17-9-6-15(7-10-17)23-19(12-27)26(20-14-28-21-5-3-2-4-18(20)21)30-22-11-8-16-13-29-31-25(16)24(22)23/h2-11,13-14,23,28,30H,1H3,(H,29,31). The molecule has 5 aromatic rings. The van der Waals surface area contributed by atoms with Crippen molar-refractivity contribution in [1.29, 1.82) is 5.26 Å². The molecular weight excluding hydrogens is 398 g/mol. The molecule has 32 heavy (non-hydrogen) atoms. The van der Waals surface area contributed by atoms with Crippen LogP contribution >= 0.6 is 0 Å². The van der Waals surface area contributed by atoms with E-state index >= 15 is 0 Å². The van der Waals surface area contributed by atoms with Crippen molar-refractivity contribution < 1.29 is 4.74 Å². The van der Waals surface area contributed by atoms with E-state index in [1.165, 1.54) is 0 Å². The molecule has 0 aliphatic carbocycles. The van der Waals surface area contributed by atoms with Gasteiger partial charge in [0.2, 0.25) is 0 Å². The maximum Gasteiger partial charge on any atom is 0.118 e. The molecule has 1 aliphatic rings. The van der Waals surface area contributed by atoms with Crippen molar-refractivity contribution in [2.24, 2.45) is 0 Å². The first-order valence-electron chi connectivity index (χ1n) is 10.4. The van der Waals surface area contributed by atoms with Gasteiger partial charge in [0.25, 0.3) is 0 Å². The number of fused-ring (bicyclic) bond motifs is 4. The maximum absolute atomic E-state index is 10.4. The van der Waals surface area contributed by atoms with E-state index in [1.54, 1.807) is 7.11 Å². The summed E-state index contributed by atoms with van der Waals surface area (Å²) in [5.41, 5.74) is 7.42. The number of aromatic nitrogens is 3. The van der Waals surface area contributed by atoms with Crippen LogP contribution in [0.1, 0.15) is 22.6 Å². The van der Waals surface area contributed by atoms with Crippen molar-refractivity contribution in [3.63, 3.8) is 0 Å². The number of H-pyrrole nitrogens is 2. The Labute approximate surface area is 184 Å². The number of nitriles is 1. The lowest BCUT2D eigenvalue weighted by molar-refractivity contribution is 0.414. The van der Waals surface area contributed by atoms with Gasteiger partial charge in [0.05, 0.1) is 42.1 Å². The Balaban J connectivity index is 1.65. The second kappa shape index (κ2) is 7.03. The second-order valence-corrected chi connectivity index (χ2v) is 7.84. The summed E-state index contributed by atoms with van der Waals surface area (Å²) in [6.07, 6.45) is 3.78. The topological polar surface area (TPSA) is 89.5 Å². The highest BCUT2D eigenvalue weighted by atomic mass is 16.5.